The number of hydrogen-bond acceptors (Lipinski definition) is 3. The topological polar surface area (TPSA) is 87.7 Å². The summed E-state index contributed by atoms with van der Waals surface area (Å²) < 4.78 is 5.48. The lowest BCUT2D eigenvalue weighted by Gasteiger charge is -2.26. The van der Waals surface area contributed by atoms with Crippen LogP contribution in [0.15, 0.2) is 0 Å². The standard InChI is InChI=1S/C14H26N2O4/c1-4-20-13(2,3)9-15-12(19)16-10-14(11(17)18)7-5-6-8-14/h4-10H2,1-3H3,(H,17,18)(H2,15,16,19). The normalized spacial score (nSPS) is 17.8. The van der Waals surface area contributed by atoms with Crippen LogP contribution in [0.1, 0.15) is 46.5 Å². The first-order valence-electron chi connectivity index (χ1n) is 7.20. The Hall–Kier alpha value is -1.30. The van der Waals surface area contributed by atoms with Gasteiger partial charge in [0.25, 0.3) is 0 Å². The predicted molar refractivity (Wildman–Crippen MR) is 75.6 cm³/mol. The van der Waals surface area contributed by atoms with Gasteiger partial charge in [-0.1, -0.05) is 12.8 Å². The maximum absolute atomic E-state index is 11.7. The second-order valence-corrected chi connectivity index (χ2v) is 6.02. The van der Waals surface area contributed by atoms with E-state index in [0.717, 1.165) is 12.8 Å². The van der Waals surface area contributed by atoms with Crippen LogP contribution in [-0.4, -0.2) is 42.4 Å². The fraction of sp³-hybridized carbons (Fsp3) is 0.857. The lowest BCUT2D eigenvalue weighted by Crippen LogP contribution is -2.48. The van der Waals surface area contributed by atoms with Gasteiger partial charge in [-0.05, 0) is 33.6 Å². The van der Waals surface area contributed by atoms with E-state index in [1.54, 1.807) is 0 Å². The lowest BCUT2D eigenvalue weighted by molar-refractivity contribution is -0.148. The number of carbonyl (C=O) groups excluding carboxylic acids is 1. The number of ether oxygens (including phenoxy) is 1. The third-order valence-electron chi connectivity index (χ3n) is 3.81. The van der Waals surface area contributed by atoms with E-state index >= 15 is 0 Å². The Bertz CT molecular complexity index is 349. The van der Waals surface area contributed by atoms with Crippen LogP contribution in [0.5, 0.6) is 0 Å². The zero-order valence-electron chi connectivity index (χ0n) is 12.6. The van der Waals surface area contributed by atoms with Crippen LogP contribution in [0.3, 0.4) is 0 Å². The Balaban J connectivity index is 2.37. The van der Waals surface area contributed by atoms with Crippen molar-refractivity contribution in [1.29, 1.82) is 0 Å². The maximum Gasteiger partial charge on any atom is 0.314 e. The Morgan fingerprint density at radius 1 is 1.25 bits per heavy atom. The van der Waals surface area contributed by atoms with Crippen molar-refractivity contribution in [3.05, 3.63) is 0 Å². The fourth-order valence-electron chi connectivity index (χ4n) is 2.56. The smallest absolute Gasteiger partial charge is 0.314 e. The molecule has 0 heterocycles. The fourth-order valence-corrected chi connectivity index (χ4v) is 2.56. The van der Waals surface area contributed by atoms with Gasteiger partial charge < -0.3 is 20.5 Å². The van der Waals surface area contributed by atoms with Gasteiger partial charge in [-0.3, -0.25) is 4.79 Å². The molecule has 6 heteroatoms. The number of carboxylic acid groups (broad SMARTS) is 1. The van der Waals surface area contributed by atoms with Crippen LogP contribution in [0.25, 0.3) is 0 Å². The Kier molecular flexibility index (Phi) is 5.80. The van der Waals surface area contributed by atoms with Crippen LogP contribution in [0, 0.1) is 5.41 Å². The summed E-state index contributed by atoms with van der Waals surface area (Å²) in [6, 6.07) is -0.342. The van der Waals surface area contributed by atoms with Crippen molar-refractivity contribution < 1.29 is 19.4 Å². The molecule has 1 aliphatic rings. The summed E-state index contributed by atoms with van der Waals surface area (Å²) >= 11 is 0. The highest BCUT2D eigenvalue weighted by Gasteiger charge is 2.41. The molecule has 116 valence electrons. The summed E-state index contributed by atoms with van der Waals surface area (Å²) in [5.74, 6) is -0.815. The molecule has 0 aromatic carbocycles. The SMILES string of the molecule is CCOC(C)(C)CNC(=O)NCC1(C(=O)O)CCCC1. The molecular weight excluding hydrogens is 260 g/mol. The summed E-state index contributed by atoms with van der Waals surface area (Å²) in [5.41, 5.74) is -1.21. The zero-order valence-corrected chi connectivity index (χ0v) is 12.6. The highest BCUT2D eigenvalue weighted by Crippen LogP contribution is 2.37. The molecule has 0 radical (unpaired) electrons. The molecule has 2 amide bonds. The molecule has 6 nitrogen and oxygen atoms in total. The highest BCUT2D eigenvalue weighted by atomic mass is 16.5. The number of amides is 2. The molecule has 0 aliphatic heterocycles. The van der Waals surface area contributed by atoms with Crippen molar-refractivity contribution in [2.75, 3.05) is 19.7 Å². The molecule has 0 aromatic rings. The van der Waals surface area contributed by atoms with Crippen molar-refractivity contribution >= 4 is 12.0 Å². The van der Waals surface area contributed by atoms with Crippen molar-refractivity contribution in [3.8, 4) is 0 Å². The number of urea groups is 1. The van der Waals surface area contributed by atoms with Crippen molar-refractivity contribution in [1.82, 2.24) is 10.6 Å². The first-order valence-corrected chi connectivity index (χ1v) is 7.20. The number of carboxylic acids is 1. The van der Waals surface area contributed by atoms with Crippen LogP contribution in [0.4, 0.5) is 4.79 Å². The first-order chi connectivity index (χ1) is 9.31. The zero-order chi connectivity index (χ0) is 15.2. The van der Waals surface area contributed by atoms with E-state index in [2.05, 4.69) is 10.6 Å². The molecule has 1 rings (SSSR count). The average molecular weight is 286 g/mol. The van der Waals surface area contributed by atoms with Gasteiger partial charge in [-0.15, -0.1) is 0 Å². The largest absolute Gasteiger partial charge is 0.481 e. The van der Waals surface area contributed by atoms with Crippen molar-refractivity contribution in [2.24, 2.45) is 5.41 Å². The van der Waals surface area contributed by atoms with E-state index in [-0.39, 0.29) is 12.6 Å². The van der Waals surface area contributed by atoms with E-state index < -0.39 is 17.0 Å². The van der Waals surface area contributed by atoms with Gasteiger partial charge in [-0.2, -0.15) is 0 Å². The number of rotatable bonds is 7. The van der Waals surface area contributed by atoms with E-state index in [1.165, 1.54) is 0 Å². The number of hydrogen-bond donors (Lipinski definition) is 3. The van der Waals surface area contributed by atoms with Gasteiger partial charge >= 0.3 is 12.0 Å². The number of nitrogens with one attached hydrogen (secondary N) is 2. The minimum Gasteiger partial charge on any atom is -0.481 e. The van der Waals surface area contributed by atoms with Gasteiger partial charge in [0.15, 0.2) is 0 Å². The molecule has 0 saturated heterocycles. The van der Waals surface area contributed by atoms with Crippen molar-refractivity contribution in [3.63, 3.8) is 0 Å². The summed E-state index contributed by atoms with van der Waals surface area (Å²) in [4.78, 5) is 23.1. The Labute approximate surface area is 120 Å². The molecule has 3 N–H and O–H groups in total. The van der Waals surface area contributed by atoms with Crippen LogP contribution < -0.4 is 10.6 Å². The van der Waals surface area contributed by atoms with E-state index in [4.69, 9.17) is 4.74 Å². The van der Waals surface area contributed by atoms with Gasteiger partial charge in [0.05, 0.1) is 11.0 Å². The van der Waals surface area contributed by atoms with E-state index in [0.29, 0.717) is 26.0 Å². The van der Waals surface area contributed by atoms with Gasteiger partial charge in [0.1, 0.15) is 0 Å². The molecule has 0 bridgehead atoms. The summed E-state index contributed by atoms with van der Waals surface area (Å²) in [6.07, 6.45) is 3.08. The Morgan fingerprint density at radius 3 is 2.35 bits per heavy atom. The van der Waals surface area contributed by atoms with Crippen LogP contribution in [-0.2, 0) is 9.53 Å². The summed E-state index contributed by atoms with van der Waals surface area (Å²) in [5, 5.41) is 14.7. The predicted octanol–water partition coefficient (Wildman–Crippen LogP) is 1.75. The third-order valence-corrected chi connectivity index (χ3v) is 3.81. The van der Waals surface area contributed by atoms with Gasteiger partial charge in [0.2, 0.25) is 0 Å². The molecule has 20 heavy (non-hydrogen) atoms. The van der Waals surface area contributed by atoms with Gasteiger partial charge in [0, 0.05) is 19.7 Å². The third kappa shape index (κ3) is 4.67. The maximum atomic E-state index is 11.7. The van der Waals surface area contributed by atoms with Gasteiger partial charge in [-0.25, -0.2) is 4.79 Å². The average Bonchev–Trinajstić information content (AvgIpc) is 2.84. The molecule has 0 aromatic heterocycles. The molecule has 0 spiro atoms. The molecule has 0 atom stereocenters. The van der Waals surface area contributed by atoms with Crippen LogP contribution >= 0.6 is 0 Å². The molecule has 1 fully saturated rings. The quantitative estimate of drug-likeness (QED) is 0.665. The molecule has 1 saturated carbocycles. The number of aliphatic carboxylic acids is 1. The minimum absolute atomic E-state index is 0.184. The second kappa shape index (κ2) is 6.92. The second-order valence-electron chi connectivity index (χ2n) is 6.02. The van der Waals surface area contributed by atoms with Crippen LogP contribution in [0.2, 0.25) is 0 Å². The summed E-state index contributed by atoms with van der Waals surface area (Å²) in [6.45, 7) is 6.84. The monoisotopic (exact) mass is 286 g/mol. The van der Waals surface area contributed by atoms with E-state index in [1.807, 2.05) is 20.8 Å². The minimum atomic E-state index is -0.815. The molecular formula is C14H26N2O4. The van der Waals surface area contributed by atoms with Crippen molar-refractivity contribution in [2.45, 2.75) is 52.1 Å². The molecule has 1 aliphatic carbocycles. The highest BCUT2D eigenvalue weighted by molar-refractivity contribution is 5.78. The first kappa shape index (κ1) is 16.8. The van der Waals surface area contributed by atoms with E-state index in [9.17, 15) is 14.7 Å². The Morgan fingerprint density at radius 2 is 1.85 bits per heavy atom. The summed E-state index contributed by atoms with van der Waals surface area (Å²) in [7, 11) is 0. The lowest BCUT2D eigenvalue weighted by atomic mass is 9.86. The number of carbonyl (C=O) groups is 2. The molecule has 0 unspecified atom stereocenters.